The molecule has 0 spiro atoms. The van der Waals surface area contributed by atoms with Gasteiger partial charge in [-0.15, -0.1) is 11.3 Å². The molecule has 7 heteroatoms. The Labute approximate surface area is 160 Å². The fourth-order valence-corrected chi connectivity index (χ4v) is 3.87. The molecule has 0 fully saturated rings. The number of benzene rings is 1. The Morgan fingerprint density at radius 3 is 2.88 bits per heavy atom. The predicted molar refractivity (Wildman–Crippen MR) is 106 cm³/mol. The van der Waals surface area contributed by atoms with Crippen LogP contribution in [0.2, 0.25) is 0 Å². The van der Waals surface area contributed by atoms with Gasteiger partial charge in [-0.05, 0) is 47.5 Å². The Hall–Kier alpha value is -2.22. The zero-order valence-electron chi connectivity index (χ0n) is 14.7. The van der Waals surface area contributed by atoms with Gasteiger partial charge in [0.05, 0.1) is 25.8 Å². The van der Waals surface area contributed by atoms with Crippen molar-refractivity contribution in [3.8, 4) is 17.0 Å². The summed E-state index contributed by atoms with van der Waals surface area (Å²) in [5.41, 5.74) is 3.78. The Bertz CT molecular complexity index is 860. The van der Waals surface area contributed by atoms with Gasteiger partial charge in [0, 0.05) is 23.1 Å². The maximum Gasteiger partial charge on any atom is 0.230 e. The summed E-state index contributed by atoms with van der Waals surface area (Å²) in [5.74, 6) is 0.734. The molecule has 0 aliphatic rings. The lowest BCUT2D eigenvalue weighted by atomic mass is 10.1. The minimum atomic E-state index is -0.0592. The molecule has 0 aliphatic carbocycles. The number of nitrogens with one attached hydrogen (secondary N) is 1. The number of nitrogens with zero attached hydrogens (tertiary/aromatic N) is 1. The van der Waals surface area contributed by atoms with E-state index in [2.05, 4.69) is 10.3 Å². The van der Waals surface area contributed by atoms with Crippen LogP contribution in [0.4, 0.5) is 5.13 Å². The monoisotopic (exact) mass is 388 g/mol. The first-order chi connectivity index (χ1) is 12.7. The molecule has 0 saturated carbocycles. The number of thiophene rings is 1. The van der Waals surface area contributed by atoms with Gasteiger partial charge in [-0.3, -0.25) is 4.79 Å². The van der Waals surface area contributed by atoms with Gasteiger partial charge in [-0.25, -0.2) is 4.98 Å². The van der Waals surface area contributed by atoms with Crippen molar-refractivity contribution in [1.29, 1.82) is 0 Å². The van der Waals surface area contributed by atoms with Gasteiger partial charge in [-0.2, -0.15) is 11.3 Å². The minimum absolute atomic E-state index is 0.0592. The van der Waals surface area contributed by atoms with Crippen molar-refractivity contribution < 1.29 is 14.3 Å². The first-order valence-electron chi connectivity index (χ1n) is 8.21. The summed E-state index contributed by atoms with van der Waals surface area (Å²) in [6, 6.07) is 7.84. The van der Waals surface area contributed by atoms with E-state index >= 15 is 0 Å². The standard InChI is InChI=1S/C19H20N2O3S2/c1-3-24-10-15-9-14(4-5-17(15)23-2)16-12-26-19(20-16)21-18(22)8-13-6-7-25-11-13/h4-7,9,11-12H,3,8,10H2,1-2H3,(H,20,21,22). The maximum atomic E-state index is 12.1. The third-order valence-corrected chi connectivity index (χ3v) is 5.22. The summed E-state index contributed by atoms with van der Waals surface area (Å²) in [6.45, 7) is 3.09. The van der Waals surface area contributed by atoms with Gasteiger partial charge in [-0.1, -0.05) is 0 Å². The van der Waals surface area contributed by atoms with Crippen molar-refractivity contribution in [2.24, 2.45) is 0 Å². The highest BCUT2D eigenvalue weighted by Gasteiger charge is 2.11. The summed E-state index contributed by atoms with van der Waals surface area (Å²) in [6.07, 6.45) is 0.361. The number of thiazole rings is 1. The SMILES string of the molecule is CCOCc1cc(-c2csc(NC(=O)Cc3ccsc3)n2)ccc1OC. The van der Waals surface area contributed by atoms with E-state index in [0.717, 1.165) is 28.1 Å². The number of hydrogen-bond donors (Lipinski definition) is 1. The van der Waals surface area contributed by atoms with E-state index in [1.807, 2.05) is 47.3 Å². The van der Waals surface area contributed by atoms with Crippen LogP contribution in [0, 0.1) is 0 Å². The fourth-order valence-electron chi connectivity index (χ4n) is 2.47. The van der Waals surface area contributed by atoms with Gasteiger partial charge in [0.15, 0.2) is 5.13 Å². The summed E-state index contributed by atoms with van der Waals surface area (Å²) in [7, 11) is 1.65. The van der Waals surface area contributed by atoms with Crippen molar-refractivity contribution in [2.75, 3.05) is 19.0 Å². The van der Waals surface area contributed by atoms with Crippen molar-refractivity contribution in [2.45, 2.75) is 20.0 Å². The number of carbonyl (C=O) groups is 1. The van der Waals surface area contributed by atoms with Gasteiger partial charge in [0.25, 0.3) is 0 Å². The Morgan fingerprint density at radius 1 is 1.27 bits per heavy atom. The van der Waals surface area contributed by atoms with Crippen LogP contribution in [0.5, 0.6) is 5.75 Å². The lowest BCUT2D eigenvalue weighted by Gasteiger charge is -2.10. The molecule has 136 valence electrons. The van der Waals surface area contributed by atoms with Crippen LogP contribution in [0.3, 0.4) is 0 Å². The highest BCUT2D eigenvalue weighted by molar-refractivity contribution is 7.14. The third-order valence-electron chi connectivity index (χ3n) is 3.73. The lowest BCUT2D eigenvalue weighted by Crippen LogP contribution is -2.13. The van der Waals surface area contributed by atoms with Crippen LogP contribution >= 0.6 is 22.7 Å². The number of rotatable bonds is 8. The molecule has 1 N–H and O–H groups in total. The molecular formula is C19H20N2O3S2. The van der Waals surface area contributed by atoms with Crippen molar-refractivity contribution in [3.63, 3.8) is 0 Å². The van der Waals surface area contributed by atoms with Gasteiger partial charge in [0.1, 0.15) is 5.75 Å². The molecule has 5 nitrogen and oxygen atoms in total. The second-order valence-electron chi connectivity index (χ2n) is 5.56. The third kappa shape index (κ3) is 4.69. The molecule has 2 aromatic heterocycles. The average Bonchev–Trinajstić information content (AvgIpc) is 3.31. The quantitative estimate of drug-likeness (QED) is 0.613. The zero-order chi connectivity index (χ0) is 18.4. The largest absolute Gasteiger partial charge is 0.496 e. The smallest absolute Gasteiger partial charge is 0.230 e. The van der Waals surface area contributed by atoms with Crippen LogP contribution in [0.25, 0.3) is 11.3 Å². The van der Waals surface area contributed by atoms with E-state index in [1.54, 1.807) is 18.4 Å². The van der Waals surface area contributed by atoms with E-state index in [0.29, 0.717) is 24.8 Å². The molecule has 1 amide bonds. The van der Waals surface area contributed by atoms with Gasteiger partial charge in [0.2, 0.25) is 5.91 Å². The van der Waals surface area contributed by atoms with E-state index in [-0.39, 0.29) is 5.91 Å². The van der Waals surface area contributed by atoms with E-state index in [9.17, 15) is 4.79 Å². The Balaban J connectivity index is 1.71. The summed E-state index contributed by atoms with van der Waals surface area (Å²) >= 11 is 3.00. The second-order valence-corrected chi connectivity index (χ2v) is 7.20. The molecule has 0 unspecified atom stereocenters. The van der Waals surface area contributed by atoms with Crippen LogP contribution in [0.1, 0.15) is 18.1 Å². The zero-order valence-corrected chi connectivity index (χ0v) is 16.3. The number of anilines is 1. The summed E-state index contributed by atoms with van der Waals surface area (Å²) in [4.78, 5) is 16.6. The highest BCUT2D eigenvalue weighted by atomic mass is 32.1. The topological polar surface area (TPSA) is 60.5 Å². The maximum absolute atomic E-state index is 12.1. The van der Waals surface area contributed by atoms with Crippen LogP contribution in [0.15, 0.2) is 40.4 Å². The minimum Gasteiger partial charge on any atom is -0.496 e. The van der Waals surface area contributed by atoms with E-state index in [4.69, 9.17) is 9.47 Å². The van der Waals surface area contributed by atoms with E-state index < -0.39 is 0 Å². The second kappa shape index (κ2) is 8.93. The molecule has 0 aliphatic heterocycles. The molecule has 0 bridgehead atoms. The fraction of sp³-hybridized carbons (Fsp3) is 0.263. The Kier molecular flexibility index (Phi) is 6.38. The van der Waals surface area contributed by atoms with Crippen LogP contribution in [-0.4, -0.2) is 24.6 Å². The molecule has 26 heavy (non-hydrogen) atoms. The van der Waals surface area contributed by atoms with Crippen LogP contribution < -0.4 is 10.1 Å². The predicted octanol–water partition coefficient (Wildman–Crippen LogP) is 4.60. The number of carbonyl (C=O) groups excluding carboxylic acids is 1. The summed E-state index contributed by atoms with van der Waals surface area (Å²) in [5, 5.41) is 9.34. The number of aromatic nitrogens is 1. The number of amides is 1. The molecule has 0 radical (unpaired) electrons. The Morgan fingerprint density at radius 2 is 2.15 bits per heavy atom. The average molecular weight is 389 g/mol. The molecule has 3 aromatic rings. The molecule has 0 atom stereocenters. The van der Waals surface area contributed by atoms with Crippen molar-refractivity contribution >= 4 is 33.7 Å². The molecule has 3 rings (SSSR count). The van der Waals surface area contributed by atoms with Crippen LogP contribution in [-0.2, 0) is 22.6 Å². The van der Waals surface area contributed by atoms with Gasteiger partial charge < -0.3 is 14.8 Å². The van der Waals surface area contributed by atoms with Gasteiger partial charge >= 0.3 is 0 Å². The summed E-state index contributed by atoms with van der Waals surface area (Å²) < 4.78 is 10.9. The first-order valence-corrected chi connectivity index (χ1v) is 10.0. The molecule has 2 heterocycles. The normalized spacial score (nSPS) is 10.7. The molecular weight excluding hydrogens is 368 g/mol. The van der Waals surface area contributed by atoms with Crippen molar-refractivity contribution in [3.05, 3.63) is 51.5 Å². The number of ether oxygens (including phenoxy) is 2. The first kappa shape index (κ1) is 18.6. The highest BCUT2D eigenvalue weighted by Crippen LogP contribution is 2.29. The molecule has 1 aromatic carbocycles. The van der Waals surface area contributed by atoms with E-state index in [1.165, 1.54) is 11.3 Å². The van der Waals surface area contributed by atoms with Crippen molar-refractivity contribution in [1.82, 2.24) is 4.98 Å². The molecule has 0 saturated heterocycles. The number of methoxy groups -OCH3 is 1. The number of hydrogen-bond acceptors (Lipinski definition) is 6. The lowest BCUT2D eigenvalue weighted by molar-refractivity contribution is -0.115.